The second kappa shape index (κ2) is 3.83. The molecule has 3 heteroatoms. The van der Waals surface area contributed by atoms with Crippen LogP contribution in [-0.4, -0.2) is 15.5 Å². The molecule has 1 aliphatic rings. The van der Waals surface area contributed by atoms with Crippen LogP contribution in [0.1, 0.15) is 6.42 Å². The number of alkyl halides is 2. The van der Waals surface area contributed by atoms with Crippen LogP contribution in [0, 0.1) is 0 Å². The molecule has 1 fully saturated rings. The van der Waals surface area contributed by atoms with Crippen molar-refractivity contribution in [2.24, 2.45) is 0 Å². The van der Waals surface area contributed by atoms with Gasteiger partial charge in [0, 0.05) is 0 Å². The third-order valence-corrected chi connectivity index (χ3v) is 22.2. The Morgan fingerprint density at radius 3 is 2.14 bits per heavy atom. The first-order valence-corrected chi connectivity index (χ1v) is 12.7. The van der Waals surface area contributed by atoms with Crippen LogP contribution in [0.25, 0.3) is 0 Å². The number of hydrogen-bond donors (Lipinski definition) is 0. The third-order valence-electron chi connectivity index (χ3n) is 0.766. The van der Waals surface area contributed by atoms with Crippen LogP contribution < -0.4 is 41.3 Å². The van der Waals surface area contributed by atoms with Crippen LogP contribution in [0.2, 0.25) is 0 Å². The average Bonchev–Trinajstić information content (AvgIpc) is 1.69. The van der Waals surface area contributed by atoms with Gasteiger partial charge < -0.3 is 0 Å². The minimum absolute atomic E-state index is 0.728. The van der Waals surface area contributed by atoms with E-state index in [2.05, 4.69) is 6.66 Å². The maximum atomic E-state index is 2.52. The molecular formula is C4H9I2P-2. The molecule has 0 bridgehead atoms. The quantitative estimate of drug-likeness (QED) is 0.237. The van der Waals surface area contributed by atoms with Gasteiger partial charge in [-0.1, -0.05) is 0 Å². The first-order valence-electron chi connectivity index (χ1n) is 2.32. The van der Waals surface area contributed by atoms with E-state index in [9.17, 15) is 0 Å². The van der Waals surface area contributed by atoms with Gasteiger partial charge in [0.1, 0.15) is 0 Å². The first-order chi connectivity index (χ1) is 3.39. The van der Waals surface area contributed by atoms with E-state index in [1.54, 1.807) is 15.3 Å². The van der Waals surface area contributed by atoms with Crippen molar-refractivity contribution in [1.29, 1.82) is 0 Å². The Hall–Kier alpha value is 1.89. The summed E-state index contributed by atoms with van der Waals surface area (Å²) in [7, 11) is 0. The summed E-state index contributed by atoms with van der Waals surface area (Å²) >= 11 is 1.53. The zero-order chi connectivity index (χ0) is 5.11. The van der Waals surface area contributed by atoms with Crippen molar-refractivity contribution in [2.45, 2.75) is 6.42 Å². The molecule has 0 unspecified atom stereocenters. The van der Waals surface area contributed by atoms with E-state index < -0.39 is 0 Å². The van der Waals surface area contributed by atoms with Gasteiger partial charge in [-0.25, -0.2) is 0 Å². The Morgan fingerprint density at radius 2 is 1.86 bits per heavy atom. The molecule has 1 heterocycles. The molecule has 0 aromatic carbocycles. The zero-order valence-corrected chi connectivity index (χ0v) is 9.53. The van der Waals surface area contributed by atoms with Crippen molar-refractivity contribution >= 4 is 3.21 Å². The average molecular weight is 342 g/mol. The SMILES string of the molecule is CP1[I-]CCC[I-]1. The fourth-order valence-corrected chi connectivity index (χ4v) is 21.0. The normalized spacial score (nSPS) is 27.6. The number of halogens is 2. The van der Waals surface area contributed by atoms with Crippen LogP contribution in [0.5, 0.6) is 0 Å². The van der Waals surface area contributed by atoms with E-state index in [1.807, 2.05) is 0 Å². The van der Waals surface area contributed by atoms with Crippen molar-refractivity contribution in [1.82, 2.24) is 0 Å². The van der Waals surface area contributed by atoms with Gasteiger partial charge in [0.2, 0.25) is 0 Å². The van der Waals surface area contributed by atoms with E-state index in [0.29, 0.717) is 0 Å². The van der Waals surface area contributed by atoms with Gasteiger partial charge in [-0.3, -0.25) is 0 Å². The molecule has 1 aliphatic heterocycles. The van der Waals surface area contributed by atoms with Crippen LogP contribution in [0.4, 0.5) is 0 Å². The van der Waals surface area contributed by atoms with Gasteiger partial charge >= 0.3 is 66.5 Å². The fourth-order valence-electron chi connectivity index (χ4n) is 0.435. The standard InChI is InChI=1S/C4H9I2P/c1-7-5-3-2-4-6-7/h2-4H2,1H3/q-2. The number of rotatable bonds is 0. The van der Waals surface area contributed by atoms with E-state index in [0.717, 1.165) is 44.5 Å². The van der Waals surface area contributed by atoms with Gasteiger partial charge in [-0.15, -0.1) is 0 Å². The van der Waals surface area contributed by atoms with E-state index in [-0.39, 0.29) is 0 Å². The monoisotopic (exact) mass is 342 g/mol. The molecule has 7 heavy (non-hydrogen) atoms. The Balaban J connectivity index is 2.12. The molecule has 1 saturated heterocycles. The van der Waals surface area contributed by atoms with Crippen molar-refractivity contribution in [3.63, 3.8) is 0 Å². The predicted octanol–water partition coefficient (Wildman–Crippen LogP) is -4.49. The zero-order valence-electron chi connectivity index (χ0n) is 4.32. The van der Waals surface area contributed by atoms with E-state index in [1.165, 1.54) is 0 Å². The molecule has 0 saturated carbocycles. The van der Waals surface area contributed by atoms with Crippen molar-refractivity contribution < 1.29 is 41.3 Å². The van der Waals surface area contributed by atoms with Crippen LogP contribution in [0.15, 0.2) is 0 Å². The molecular weight excluding hydrogens is 333 g/mol. The Bertz CT molecular complexity index is 51.7. The van der Waals surface area contributed by atoms with Gasteiger partial charge in [-0.2, -0.15) is 0 Å². The molecule has 0 atom stereocenters. The van der Waals surface area contributed by atoms with E-state index >= 15 is 0 Å². The van der Waals surface area contributed by atoms with Crippen LogP contribution in [0.3, 0.4) is 0 Å². The van der Waals surface area contributed by atoms with Crippen LogP contribution in [-0.2, 0) is 0 Å². The Morgan fingerprint density at radius 1 is 1.29 bits per heavy atom. The third kappa shape index (κ3) is 2.80. The molecule has 0 aromatic heterocycles. The molecule has 0 amide bonds. The molecule has 46 valence electrons. The summed E-state index contributed by atoms with van der Waals surface area (Å²) in [5, 5.41) is 0. The Kier molecular flexibility index (Phi) is 3.83. The van der Waals surface area contributed by atoms with Gasteiger partial charge in [0.05, 0.1) is 0 Å². The van der Waals surface area contributed by atoms with Crippen molar-refractivity contribution in [3.8, 4) is 0 Å². The molecule has 0 N–H and O–H groups in total. The Labute approximate surface area is 65.8 Å². The molecule has 0 aliphatic carbocycles. The summed E-state index contributed by atoms with van der Waals surface area (Å²) in [6.45, 7) is 2.52. The summed E-state index contributed by atoms with van der Waals surface area (Å²) < 4.78 is 4.04. The van der Waals surface area contributed by atoms with Crippen LogP contribution >= 0.6 is 3.21 Å². The second-order valence-electron chi connectivity index (χ2n) is 1.37. The molecule has 0 aromatic rings. The minimum atomic E-state index is 0.728. The fraction of sp³-hybridized carbons (Fsp3) is 1.00. The van der Waals surface area contributed by atoms with Crippen molar-refractivity contribution in [2.75, 3.05) is 15.5 Å². The van der Waals surface area contributed by atoms with Crippen molar-refractivity contribution in [3.05, 3.63) is 0 Å². The topological polar surface area (TPSA) is 0 Å². The summed E-state index contributed by atoms with van der Waals surface area (Å²) in [5.74, 6) is 0. The molecule has 0 spiro atoms. The summed E-state index contributed by atoms with van der Waals surface area (Å²) in [6.07, 6.45) is 1.60. The van der Waals surface area contributed by atoms with Gasteiger partial charge in [0.15, 0.2) is 0 Å². The summed E-state index contributed by atoms with van der Waals surface area (Å²) in [5.41, 5.74) is 0. The summed E-state index contributed by atoms with van der Waals surface area (Å²) in [6, 6.07) is 0. The van der Waals surface area contributed by atoms with Gasteiger partial charge in [0.25, 0.3) is 0 Å². The molecule has 1 rings (SSSR count). The van der Waals surface area contributed by atoms with Gasteiger partial charge in [-0.05, 0) is 0 Å². The van der Waals surface area contributed by atoms with E-state index in [4.69, 9.17) is 0 Å². The maximum absolute atomic E-state index is 2.52. The summed E-state index contributed by atoms with van der Waals surface area (Å²) in [4.78, 5) is 0. The predicted molar refractivity (Wildman–Crippen MR) is 27.2 cm³/mol. The first kappa shape index (κ1) is 7.00. The second-order valence-corrected chi connectivity index (χ2v) is 23.1. The molecule has 0 nitrogen and oxygen atoms in total. The molecule has 0 radical (unpaired) electrons. The number of hydrogen-bond acceptors (Lipinski definition) is 0.